The zero-order chi connectivity index (χ0) is 17.4. The van der Waals surface area contributed by atoms with Gasteiger partial charge >= 0.3 is 5.76 Å². The van der Waals surface area contributed by atoms with Gasteiger partial charge < -0.3 is 19.4 Å². The number of nitrogens with zero attached hydrogens (tertiary/aromatic N) is 1. The second-order valence-electron chi connectivity index (χ2n) is 7.24. The monoisotopic (exact) mass is 349 g/mol. The maximum absolute atomic E-state index is 12.7. The number of nitrogens with one attached hydrogen (secondary N) is 2. The summed E-state index contributed by atoms with van der Waals surface area (Å²) in [7, 11) is 0. The molecule has 2 bridgehead atoms. The van der Waals surface area contributed by atoms with Crippen molar-refractivity contribution in [3.05, 3.63) is 22.5 Å². The van der Waals surface area contributed by atoms with Gasteiger partial charge in [0.05, 0.1) is 0 Å². The van der Waals surface area contributed by atoms with Crippen LogP contribution in [0.1, 0.15) is 49.0 Å². The van der Waals surface area contributed by atoms with E-state index in [0.717, 1.165) is 44.8 Å². The Bertz CT molecular complexity index is 691. The smallest absolute Gasteiger partial charge is 0.416 e. The topological polar surface area (TPSA) is 105 Å². The number of oxazole rings is 1. The zero-order valence-electron chi connectivity index (χ0n) is 14.0. The summed E-state index contributed by atoms with van der Waals surface area (Å²) in [4.78, 5) is 40.1. The van der Waals surface area contributed by atoms with E-state index < -0.39 is 5.76 Å². The van der Waals surface area contributed by atoms with E-state index in [1.54, 1.807) is 0 Å². The molecule has 1 aromatic rings. The first-order chi connectivity index (χ1) is 12.1. The van der Waals surface area contributed by atoms with Crippen molar-refractivity contribution < 1.29 is 18.7 Å². The van der Waals surface area contributed by atoms with Crippen LogP contribution in [0, 0.1) is 5.92 Å². The molecule has 0 radical (unpaired) electrons. The van der Waals surface area contributed by atoms with Gasteiger partial charge in [0.15, 0.2) is 0 Å². The van der Waals surface area contributed by atoms with Crippen LogP contribution in [0.15, 0.2) is 15.5 Å². The molecule has 3 aliphatic rings. The Balaban J connectivity index is 1.33. The third kappa shape index (κ3) is 3.22. The molecule has 8 heteroatoms. The number of aromatic amines is 1. The first-order valence-corrected chi connectivity index (χ1v) is 9.01. The standard InChI is InChI=1S/C17H23N3O5/c21-15(13-9-25-17(23)19-13)18-8-10-6-11-3-4-12(7-10)20(11)16(22)14-2-1-5-24-14/h9-12,14H,1-8H2,(H,18,21)(H,19,23)/t10?,11-,12+,14-/m0/s1. The van der Waals surface area contributed by atoms with Gasteiger partial charge in [0.1, 0.15) is 18.1 Å². The van der Waals surface area contributed by atoms with Gasteiger partial charge in [-0.3, -0.25) is 14.6 Å². The van der Waals surface area contributed by atoms with Crippen molar-refractivity contribution in [1.82, 2.24) is 15.2 Å². The fourth-order valence-electron chi connectivity index (χ4n) is 4.48. The molecule has 0 aromatic carbocycles. The molecule has 3 saturated heterocycles. The summed E-state index contributed by atoms with van der Waals surface area (Å²) in [6.07, 6.45) is 6.53. The molecule has 0 aliphatic carbocycles. The number of fused-ring (bicyclic) bond motifs is 2. The summed E-state index contributed by atoms with van der Waals surface area (Å²) in [5.41, 5.74) is 0.138. The molecule has 2 amide bonds. The number of rotatable bonds is 4. The highest BCUT2D eigenvalue weighted by Gasteiger charge is 2.45. The van der Waals surface area contributed by atoms with Gasteiger partial charge in [0, 0.05) is 25.2 Å². The van der Waals surface area contributed by atoms with Crippen molar-refractivity contribution in [2.45, 2.75) is 56.7 Å². The lowest BCUT2D eigenvalue weighted by Crippen LogP contribution is -2.51. The number of carbonyl (C=O) groups excluding carboxylic acids is 2. The predicted octanol–water partition coefficient (Wildman–Crippen LogP) is 0.646. The third-order valence-electron chi connectivity index (χ3n) is 5.61. The van der Waals surface area contributed by atoms with Crippen molar-refractivity contribution in [3.8, 4) is 0 Å². The van der Waals surface area contributed by atoms with Crippen molar-refractivity contribution in [1.29, 1.82) is 0 Å². The lowest BCUT2D eigenvalue weighted by molar-refractivity contribution is -0.146. The van der Waals surface area contributed by atoms with Crippen LogP contribution in [0.25, 0.3) is 0 Å². The first kappa shape index (κ1) is 16.4. The van der Waals surface area contributed by atoms with Crippen LogP contribution in [-0.4, -0.2) is 53.0 Å². The first-order valence-electron chi connectivity index (χ1n) is 9.01. The Labute approximate surface area is 144 Å². The molecule has 3 aliphatic heterocycles. The molecule has 1 aromatic heterocycles. The number of amides is 2. The van der Waals surface area contributed by atoms with Gasteiger partial charge in [-0.05, 0) is 44.4 Å². The van der Waals surface area contributed by atoms with Gasteiger partial charge in [-0.2, -0.15) is 0 Å². The highest BCUT2D eigenvalue weighted by molar-refractivity contribution is 5.91. The molecule has 4 heterocycles. The number of ether oxygens (including phenoxy) is 1. The number of hydrogen-bond donors (Lipinski definition) is 2. The van der Waals surface area contributed by atoms with Crippen LogP contribution in [0.2, 0.25) is 0 Å². The summed E-state index contributed by atoms with van der Waals surface area (Å²) in [6, 6.07) is 0.511. The largest absolute Gasteiger partial charge is 0.416 e. The minimum Gasteiger partial charge on any atom is -0.416 e. The van der Waals surface area contributed by atoms with Crippen molar-refractivity contribution in [2.75, 3.05) is 13.2 Å². The zero-order valence-corrected chi connectivity index (χ0v) is 14.0. The highest BCUT2D eigenvalue weighted by Crippen LogP contribution is 2.39. The van der Waals surface area contributed by atoms with Crippen molar-refractivity contribution in [3.63, 3.8) is 0 Å². The highest BCUT2D eigenvalue weighted by atomic mass is 16.5. The molecule has 1 unspecified atom stereocenters. The Morgan fingerprint density at radius 3 is 2.60 bits per heavy atom. The molecular weight excluding hydrogens is 326 g/mol. The molecule has 25 heavy (non-hydrogen) atoms. The minimum atomic E-state index is -0.635. The number of piperidine rings is 1. The third-order valence-corrected chi connectivity index (χ3v) is 5.61. The van der Waals surface area contributed by atoms with E-state index >= 15 is 0 Å². The van der Waals surface area contributed by atoms with E-state index in [1.807, 2.05) is 0 Å². The molecule has 4 atom stereocenters. The molecule has 0 spiro atoms. The van der Waals surface area contributed by atoms with Crippen LogP contribution in [0.3, 0.4) is 0 Å². The molecular formula is C17H23N3O5. The van der Waals surface area contributed by atoms with Crippen LogP contribution in [0.5, 0.6) is 0 Å². The summed E-state index contributed by atoms with van der Waals surface area (Å²) in [5, 5.41) is 2.85. The van der Waals surface area contributed by atoms with Crippen LogP contribution < -0.4 is 11.1 Å². The Morgan fingerprint density at radius 2 is 2.00 bits per heavy atom. The number of H-pyrrole nitrogens is 1. The quantitative estimate of drug-likeness (QED) is 0.830. The van der Waals surface area contributed by atoms with Crippen molar-refractivity contribution in [2.24, 2.45) is 5.92 Å². The van der Waals surface area contributed by atoms with E-state index in [1.165, 1.54) is 0 Å². The lowest BCUT2D eigenvalue weighted by Gasteiger charge is -2.40. The van der Waals surface area contributed by atoms with E-state index in [-0.39, 0.29) is 35.7 Å². The second-order valence-corrected chi connectivity index (χ2v) is 7.24. The van der Waals surface area contributed by atoms with Crippen molar-refractivity contribution >= 4 is 11.8 Å². The molecule has 2 N–H and O–H groups in total. The fourth-order valence-corrected chi connectivity index (χ4v) is 4.48. The van der Waals surface area contributed by atoms with Crippen LogP contribution in [-0.2, 0) is 9.53 Å². The minimum absolute atomic E-state index is 0.138. The second kappa shape index (κ2) is 6.67. The van der Waals surface area contributed by atoms with Gasteiger partial charge in [-0.15, -0.1) is 0 Å². The molecule has 0 saturated carbocycles. The fraction of sp³-hybridized carbons (Fsp3) is 0.706. The predicted molar refractivity (Wildman–Crippen MR) is 87.0 cm³/mol. The molecule has 136 valence electrons. The number of hydrogen-bond acceptors (Lipinski definition) is 5. The maximum atomic E-state index is 12.7. The van der Waals surface area contributed by atoms with Gasteiger partial charge in [-0.1, -0.05) is 0 Å². The SMILES string of the molecule is O=C(NCC1C[C@H]2CC[C@@H](C1)N2C(=O)[C@@H]1CCCO1)c1coc(=O)[nH]1. The van der Waals surface area contributed by atoms with Gasteiger partial charge in [0.2, 0.25) is 0 Å². The average molecular weight is 349 g/mol. The van der Waals surface area contributed by atoms with E-state index in [9.17, 15) is 14.4 Å². The van der Waals surface area contributed by atoms with Crippen LogP contribution in [0.4, 0.5) is 0 Å². The van der Waals surface area contributed by atoms with Gasteiger partial charge in [-0.25, -0.2) is 4.79 Å². The molecule has 8 nitrogen and oxygen atoms in total. The van der Waals surface area contributed by atoms with E-state index in [0.29, 0.717) is 19.1 Å². The summed E-state index contributed by atoms with van der Waals surface area (Å²) >= 11 is 0. The number of carbonyl (C=O) groups is 2. The average Bonchev–Trinajstić information content (AvgIpc) is 3.32. The molecule has 4 rings (SSSR count). The summed E-state index contributed by atoms with van der Waals surface area (Å²) in [6.45, 7) is 1.23. The lowest BCUT2D eigenvalue weighted by atomic mass is 9.90. The number of aromatic nitrogens is 1. The van der Waals surface area contributed by atoms with E-state index in [4.69, 9.17) is 4.74 Å². The maximum Gasteiger partial charge on any atom is 0.416 e. The summed E-state index contributed by atoms with van der Waals surface area (Å²) < 4.78 is 10.1. The van der Waals surface area contributed by atoms with E-state index in [2.05, 4.69) is 19.6 Å². The molecule has 3 fully saturated rings. The Kier molecular flexibility index (Phi) is 4.37. The Morgan fingerprint density at radius 1 is 1.24 bits per heavy atom. The normalized spacial score (nSPS) is 31.3. The Hall–Kier alpha value is -2.09. The summed E-state index contributed by atoms with van der Waals surface area (Å²) in [5.74, 6) is -0.475. The van der Waals surface area contributed by atoms with Gasteiger partial charge in [0.25, 0.3) is 11.8 Å². The van der Waals surface area contributed by atoms with Crippen LogP contribution >= 0.6 is 0 Å².